The Bertz CT molecular complexity index is 969. The van der Waals surface area contributed by atoms with Gasteiger partial charge in [0.05, 0.1) is 5.56 Å². The number of rotatable bonds is 5. The van der Waals surface area contributed by atoms with E-state index < -0.39 is 0 Å². The normalized spacial score (nSPS) is 16.6. The molecule has 1 aromatic heterocycles. The molecule has 0 bridgehead atoms. The van der Waals surface area contributed by atoms with Gasteiger partial charge in [-0.2, -0.15) is 5.26 Å². The van der Waals surface area contributed by atoms with E-state index in [0.29, 0.717) is 18.5 Å². The fraction of sp³-hybridized carbons (Fsp3) is 0.391. The maximum atomic E-state index is 12.5. The Morgan fingerprint density at radius 3 is 2.72 bits per heavy atom. The van der Waals surface area contributed by atoms with Crippen molar-refractivity contribution >= 4 is 27.8 Å². The zero-order chi connectivity index (χ0) is 20.2. The number of nitrogens with one attached hydrogen (secondary N) is 1. The van der Waals surface area contributed by atoms with E-state index in [1.165, 1.54) is 16.9 Å². The van der Waals surface area contributed by atoms with Gasteiger partial charge in [-0.25, -0.2) is 0 Å². The predicted octanol–water partition coefficient (Wildman–Crippen LogP) is 4.32. The zero-order valence-corrected chi connectivity index (χ0v) is 17.2. The van der Waals surface area contributed by atoms with Gasteiger partial charge in [0.1, 0.15) is 16.8 Å². The Kier molecular flexibility index (Phi) is 5.98. The minimum atomic E-state index is -0.0200. The largest absolute Gasteiger partial charge is 0.508 e. The Balaban J connectivity index is 1.30. The lowest BCUT2D eigenvalue weighted by molar-refractivity contribution is -0.116. The second kappa shape index (κ2) is 8.81. The number of carbonyl (C=O) groups is 1. The minimum Gasteiger partial charge on any atom is -0.508 e. The van der Waals surface area contributed by atoms with Crippen molar-refractivity contribution in [3.63, 3.8) is 0 Å². The van der Waals surface area contributed by atoms with Gasteiger partial charge in [0.15, 0.2) is 0 Å². The van der Waals surface area contributed by atoms with Crippen LogP contribution in [0.1, 0.15) is 47.3 Å². The Morgan fingerprint density at radius 2 is 2.00 bits per heavy atom. The lowest BCUT2D eigenvalue weighted by Crippen LogP contribution is -2.31. The number of fused-ring (bicyclic) bond motifs is 1. The zero-order valence-electron chi connectivity index (χ0n) is 16.4. The molecule has 6 heteroatoms. The van der Waals surface area contributed by atoms with Crippen LogP contribution in [0.3, 0.4) is 0 Å². The number of carbonyl (C=O) groups excluding carboxylic acids is 1. The standard InChI is InChI=1S/C23H25N3O2S/c24-15-20-19-3-1-2-4-21(19)29-23(20)25-22(28)11-14-26-12-9-17(10-13-26)16-5-7-18(27)8-6-16/h5-9,27H,1-4,10-14H2,(H,25,28). The van der Waals surface area contributed by atoms with Crippen molar-refractivity contribution in [3.05, 3.63) is 51.9 Å². The molecule has 2 aliphatic rings. The van der Waals surface area contributed by atoms with Crippen LogP contribution >= 0.6 is 11.3 Å². The van der Waals surface area contributed by atoms with Crippen molar-refractivity contribution in [2.45, 2.75) is 38.5 Å². The van der Waals surface area contributed by atoms with Gasteiger partial charge < -0.3 is 10.4 Å². The highest BCUT2D eigenvalue weighted by atomic mass is 32.1. The molecule has 1 aliphatic heterocycles. The van der Waals surface area contributed by atoms with Gasteiger partial charge in [0.25, 0.3) is 0 Å². The van der Waals surface area contributed by atoms with Crippen molar-refractivity contribution in [3.8, 4) is 11.8 Å². The van der Waals surface area contributed by atoms with Gasteiger partial charge in [-0.15, -0.1) is 11.3 Å². The number of amides is 1. The second-order valence-electron chi connectivity index (χ2n) is 7.65. The van der Waals surface area contributed by atoms with E-state index >= 15 is 0 Å². The number of thiophene rings is 1. The molecule has 1 aliphatic carbocycles. The van der Waals surface area contributed by atoms with Gasteiger partial charge >= 0.3 is 0 Å². The van der Waals surface area contributed by atoms with Crippen molar-refractivity contribution in [2.24, 2.45) is 0 Å². The molecule has 0 spiro atoms. The molecule has 0 saturated heterocycles. The number of hydrogen-bond donors (Lipinski definition) is 2. The third-order valence-electron chi connectivity index (χ3n) is 5.72. The van der Waals surface area contributed by atoms with Crippen LogP contribution in [0.15, 0.2) is 30.3 Å². The lowest BCUT2D eigenvalue weighted by Gasteiger charge is -2.26. The molecule has 5 nitrogen and oxygen atoms in total. The summed E-state index contributed by atoms with van der Waals surface area (Å²) in [5.74, 6) is 0.261. The number of benzene rings is 1. The number of phenols is 1. The van der Waals surface area contributed by atoms with Crippen LogP contribution in [0.4, 0.5) is 5.00 Å². The van der Waals surface area contributed by atoms with E-state index in [1.807, 2.05) is 12.1 Å². The smallest absolute Gasteiger partial charge is 0.226 e. The molecular weight excluding hydrogens is 382 g/mol. The molecular formula is C23H25N3O2S. The minimum absolute atomic E-state index is 0.0200. The number of anilines is 1. The first-order chi connectivity index (χ1) is 14.1. The van der Waals surface area contributed by atoms with Gasteiger partial charge in [0.2, 0.25) is 5.91 Å². The third kappa shape index (κ3) is 4.52. The quantitative estimate of drug-likeness (QED) is 0.774. The van der Waals surface area contributed by atoms with Gasteiger partial charge in [-0.3, -0.25) is 9.69 Å². The SMILES string of the molecule is N#Cc1c(NC(=O)CCN2CC=C(c3ccc(O)cc3)CC2)sc2c1CCCC2. The Hall–Kier alpha value is -2.62. The Labute approximate surface area is 175 Å². The van der Waals surface area contributed by atoms with Crippen LogP contribution in [0, 0.1) is 11.3 Å². The van der Waals surface area contributed by atoms with E-state index in [1.54, 1.807) is 23.5 Å². The summed E-state index contributed by atoms with van der Waals surface area (Å²) in [4.78, 5) is 16.0. The maximum Gasteiger partial charge on any atom is 0.226 e. The molecule has 2 heterocycles. The monoisotopic (exact) mass is 407 g/mol. The van der Waals surface area contributed by atoms with Crippen molar-refractivity contribution in [1.29, 1.82) is 5.26 Å². The van der Waals surface area contributed by atoms with Crippen LogP contribution in [-0.2, 0) is 17.6 Å². The van der Waals surface area contributed by atoms with E-state index in [4.69, 9.17) is 0 Å². The molecule has 2 aromatic rings. The summed E-state index contributed by atoms with van der Waals surface area (Å²) < 4.78 is 0. The fourth-order valence-electron chi connectivity index (χ4n) is 4.07. The first-order valence-electron chi connectivity index (χ1n) is 10.2. The summed E-state index contributed by atoms with van der Waals surface area (Å²) in [7, 11) is 0. The van der Waals surface area contributed by atoms with Gasteiger partial charge in [-0.1, -0.05) is 18.2 Å². The average Bonchev–Trinajstić information content (AvgIpc) is 3.10. The number of nitrogens with zero attached hydrogens (tertiary/aromatic N) is 2. The summed E-state index contributed by atoms with van der Waals surface area (Å²) in [5.41, 5.74) is 4.26. The highest BCUT2D eigenvalue weighted by Crippen LogP contribution is 2.37. The van der Waals surface area contributed by atoms with Crippen molar-refractivity contribution < 1.29 is 9.90 Å². The molecule has 0 fully saturated rings. The number of aryl methyl sites for hydroxylation is 1. The molecule has 0 radical (unpaired) electrons. The van der Waals surface area contributed by atoms with Crippen LogP contribution in [-0.4, -0.2) is 35.5 Å². The van der Waals surface area contributed by atoms with Gasteiger partial charge in [-0.05, 0) is 60.9 Å². The number of phenolic OH excluding ortho intramolecular Hbond substituents is 1. The topological polar surface area (TPSA) is 76.4 Å². The highest BCUT2D eigenvalue weighted by molar-refractivity contribution is 7.16. The van der Waals surface area contributed by atoms with Crippen LogP contribution in [0.5, 0.6) is 5.75 Å². The van der Waals surface area contributed by atoms with Crippen LogP contribution in [0.2, 0.25) is 0 Å². The molecule has 0 saturated carbocycles. The van der Waals surface area contributed by atoms with Crippen molar-refractivity contribution in [2.75, 3.05) is 25.0 Å². The Morgan fingerprint density at radius 1 is 1.21 bits per heavy atom. The van der Waals surface area contributed by atoms with E-state index in [9.17, 15) is 15.2 Å². The highest BCUT2D eigenvalue weighted by Gasteiger charge is 2.22. The van der Waals surface area contributed by atoms with E-state index in [-0.39, 0.29) is 11.7 Å². The first kappa shape index (κ1) is 19.7. The van der Waals surface area contributed by atoms with Crippen LogP contribution < -0.4 is 5.32 Å². The second-order valence-corrected chi connectivity index (χ2v) is 8.76. The lowest BCUT2D eigenvalue weighted by atomic mass is 9.96. The first-order valence-corrected chi connectivity index (χ1v) is 11.0. The average molecular weight is 408 g/mol. The van der Waals surface area contributed by atoms with Crippen LogP contribution in [0.25, 0.3) is 5.57 Å². The molecule has 0 atom stereocenters. The molecule has 1 aromatic carbocycles. The van der Waals surface area contributed by atoms with E-state index in [2.05, 4.69) is 22.4 Å². The summed E-state index contributed by atoms with van der Waals surface area (Å²) in [6.07, 6.45) is 7.83. The van der Waals surface area contributed by atoms with Gasteiger partial charge in [0, 0.05) is 30.9 Å². The molecule has 1 amide bonds. The summed E-state index contributed by atoms with van der Waals surface area (Å²) >= 11 is 1.58. The molecule has 29 heavy (non-hydrogen) atoms. The summed E-state index contributed by atoms with van der Waals surface area (Å²) in [6, 6.07) is 9.61. The molecule has 2 N–H and O–H groups in total. The molecule has 150 valence electrons. The number of hydrogen-bond acceptors (Lipinski definition) is 5. The third-order valence-corrected chi connectivity index (χ3v) is 6.93. The fourth-order valence-corrected chi connectivity index (χ4v) is 5.33. The maximum absolute atomic E-state index is 12.5. The molecule has 4 rings (SSSR count). The van der Waals surface area contributed by atoms with Crippen molar-refractivity contribution in [1.82, 2.24) is 4.90 Å². The van der Waals surface area contributed by atoms with E-state index in [0.717, 1.165) is 54.9 Å². The number of aromatic hydroxyl groups is 1. The number of nitriles is 1. The predicted molar refractivity (Wildman–Crippen MR) is 116 cm³/mol. The summed E-state index contributed by atoms with van der Waals surface area (Å²) in [5, 5.41) is 22.7. The summed E-state index contributed by atoms with van der Waals surface area (Å²) in [6.45, 7) is 2.44. The molecule has 0 unspecified atom stereocenters.